The van der Waals surface area contributed by atoms with Gasteiger partial charge in [0.1, 0.15) is 5.84 Å². The van der Waals surface area contributed by atoms with Crippen LogP contribution in [0.1, 0.15) is 24.5 Å². The van der Waals surface area contributed by atoms with Crippen molar-refractivity contribution in [1.82, 2.24) is 0 Å². The van der Waals surface area contributed by atoms with E-state index in [1.54, 1.807) is 0 Å². The van der Waals surface area contributed by atoms with E-state index in [-0.39, 0.29) is 17.9 Å². The summed E-state index contributed by atoms with van der Waals surface area (Å²) in [5.74, 6) is 0.352. The van der Waals surface area contributed by atoms with Crippen LogP contribution in [-0.2, 0) is 0 Å². The molecule has 0 aliphatic carbocycles. The Labute approximate surface area is 108 Å². The summed E-state index contributed by atoms with van der Waals surface area (Å²) < 4.78 is 0. The largest absolute Gasteiger partial charge is 0.393 e. The van der Waals surface area contributed by atoms with E-state index in [9.17, 15) is 5.11 Å². The lowest BCUT2D eigenvalue weighted by Crippen LogP contribution is -2.43. The molecule has 1 fully saturated rings. The molecule has 1 aliphatic heterocycles. The minimum atomic E-state index is -0.217. The molecule has 2 unspecified atom stereocenters. The van der Waals surface area contributed by atoms with Gasteiger partial charge in [-0.1, -0.05) is 19.1 Å². The Hall–Kier alpha value is -1.55. The second kappa shape index (κ2) is 4.98. The number of aliphatic hydroxyl groups excluding tert-OH is 1. The minimum absolute atomic E-state index is 0.104. The first-order chi connectivity index (χ1) is 8.50. The number of aryl methyl sites for hydroxylation is 1. The molecule has 0 saturated carbocycles. The van der Waals surface area contributed by atoms with Gasteiger partial charge in [-0.15, -0.1) is 0 Å². The van der Waals surface area contributed by atoms with Crippen LogP contribution in [0.15, 0.2) is 18.2 Å². The number of hydrogen-bond donors (Lipinski definition) is 3. The highest BCUT2D eigenvalue weighted by molar-refractivity contribution is 6.01. The molecule has 0 radical (unpaired) electrons. The third kappa shape index (κ3) is 2.34. The highest BCUT2D eigenvalue weighted by Gasteiger charge is 2.26. The van der Waals surface area contributed by atoms with Gasteiger partial charge < -0.3 is 15.7 Å². The Morgan fingerprint density at radius 3 is 2.83 bits per heavy atom. The zero-order chi connectivity index (χ0) is 13.3. The van der Waals surface area contributed by atoms with E-state index < -0.39 is 0 Å². The van der Waals surface area contributed by atoms with Gasteiger partial charge in [-0.2, -0.15) is 0 Å². The number of nitrogens with one attached hydrogen (secondary N) is 1. The molecule has 98 valence electrons. The van der Waals surface area contributed by atoms with E-state index in [0.29, 0.717) is 0 Å². The average Bonchev–Trinajstić information content (AvgIpc) is 2.32. The summed E-state index contributed by atoms with van der Waals surface area (Å²) in [5, 5.41) is 17.5. The molecule has 4 nitrogen and oxygen atoms in total. The molecule has 2 atom stereocenters. The van der Waals surface area contributed by atoms with Crippen molar-refractivity contribution < 1.29 is 5.11 Å². The van der Waals surface area contributed by atoms with Crippen molar-refractivity contribution in [2.75, 3.05) is 18.0 Å². The highest BCUT2D eigenvalue weighted by Crippen LogP contribution is 2.29. The Bertz CT molecular complexity index is 458. The maximum absolute atomic E-state index is 9.80. The van der Waals surface area contributed by atoms with Gasteiger partial charge in [-0.05, 0) is 30.9 Å². The van der Waals surface area contributed by atoms with Crippen molar-refractivity contribution >= 4 is 11.5 Å². The molecule has 0 bridgehead atoms. The molecule has 2 rings (SSSR count). The van der Waals surface area contributed by atoms with Gasteiger partial charge in [0.15, 0.2) is 0 Å². The van der Waals surface area contributed by atoms with Crippen molar-refractivity contribution in [3.63, 3.8) is 0 Å². The fourth-order valence-corrected chi connectivity index (χ4v) is 2.63. The predicted molar refractivity (Wildman–Crippen MR) is 74.2 cm³/mol. The second-order valence-corrected chi connectivity index (χ2v) is 5.16. The van der Waals surface area contributed by atoms with Crippen molar-refractivity contribution in [2.45, 2.75) is 26.4 Å². The average molecular weight is 247 g/mol. The molecule has 0 aromatic heterocycles. The number of nitrogen functional groups attached to an aromatic ring is 1. The second-order valence-electron chi connectivity index (χ2n) is 5.16. The van der Waals surface area contributed by atoms with Crippen molar-refractivity contribution in [1.29, 1.82) is 5.41 Å². The zero-order valence-electron chi connectivity index (χ0n) is 11.0. The topological polar surface area (TPSA) is 73.3 Å². The number of para-hydroxylation sites is 1. The summed E-state index contributed by atoms with van der Waals surface area (Å²) in [4.78, 5) is 2.24. The standard InChI is InChI=1S/C14H21N3O/c1-9-4-3-5-11(14(15)16)13(9)17-7-6-12(18)10(2)8-17/h3-5,10,12,18H,6-8H2,1-2H3,(H3,15,16). The van der Waals surface area contributed by atoms with Crippen LogP contribution in [0.5, 0.6) is 0 Å². The van der Waals surface area contributed by atoms with E-state index in [0.717, 1.165) is 36.3 Å². The molecule has 1 saturated heterocycles. The quantitative estimate of drug-likeness (QED) is 0.547. The van der Waals surface area contributed by atoms with Gasteiger partial charge in [0.25, 0.3) is 0 Å². The Kier molecular flexibility index (Phi) is 3.57. The summed E-state index contributed by atoms with van der Waals surface area (Å²) in [6.45, 7) is 5.73. The highest BCUT2D eigenvalue weighted by atomic mass is 16.3. The number of rotatable bonds is 2. The third-order valence-electron chi connectivity index (χ3n) is 3.70. The van der Waals surface area contributed by atoms with E-state index in [4.69, 9.17) is 11.1 Å². The van der Waals surface area contributed by atoms with E-state index in [1.807, 2.05) is 25.1 Å². The third-order valence-corrected chi connectivity index (χ3v) is 3.70. The SMILES string of the molecule is Cc1cccc(C(=N)N)c1N1CCC(O)C(C)C1. The summed E-state index contributed by atoms with van der Waals surface area (Å²) in [7, 11) is 0. The van der Waals surface area contributed by atoms with Crippen LogP contribution in [0.25, 0.3) is 0 Å². The van der Waals surface area contributed by atoms with Gasteiger partial charge in [0, 0.05) is 18.7 Å². The number of piperidine rings is 1. The first kappa shape index (κ1) is 12.9. The number of nitrogens with zero attached hydrogens (tertiary/aromatic N) is 1. The van der Waals surface area contributed by atoms with Crippen LogP contribution in [0.3, 0.4) is 0 Å². The molecule has 0 spiro atoms. The lowest BCUT2D eigenvalue weighted by Gasteiger charge is -2.37. The Morgan fingerprint density at radius 2 is 2.22 bits per heavy atom. The van der Waals surface area contributed by atoms with Gasteiger partial charge in [-0.3, -0.25) is 5.41 Å². The summed E-state index contributed by atoms with van der Waals surface area (Å²) >= 11 is 0. The molecular formula is C14H21N3O. The van der Waals surface area contributed by atoms with Crippen molar-refractivity contribution in [3.8, 4) is 0 Å². The molecule has 1 aromatic rings. The van der Waals surface area contributed by atoms with Crippen molar-refractivity contribution in [2.24, 2.45) is 11.7 Å². The maximum Gasteiger partial charge on any atom is 0.124 e. The Morgan fingerprint density at radius 1 is 1.50 bits per heavy atom. The van der Waals surface area contributed by atoms with Crippen molar-refractivity contribution in [3.05, 3.63) is 29.3 Å². The monoisotopic (exact) mass is 247 g/mol. The molecular weight excluding hydrogens is 226 g/mol. The van der Waals surface area contributed by atoms with Gasteiger partial charge in [0.2, 0.25) is 0 Å². The van der Waals surface area contributed by atoms with Gasteiger partial charge >= 0.3 is 0 Å². The number of amidine groups is 1. The number of benzene rings is 1. The maximum atomic E-state index is 9.80. The fraction of sp³-hybridized carbons (Fsp3) is 0.500. The van der Waals surface area contributed by atoms with Crippen LogP contribution < -0.4 is 10.6 Å². The molecule has 1 heterocycles. The van der Waals surface area contributed by atoms with Crippen LogP contribution in [0.4, 0.5) is 5.69 Å². The van der Waals surface area contributed by atoms with Crippen LogP contribution in [-0.4, -0.2) is 30.1 Å². The van der Waals surface area contributed by atoms with E-state index in [1.165, 1.54) is 0 Å². The van der Waals surface area contributed by atoms with E-state index >= 15 is 0 Å². The lowest BCUT2D eigenvalue weighted by atomic mass is 9.94. The smallest absolute Gasteiger partial charge is 0.124 e. The lowest BCUT2D eigenvalue weighted by molar-refractivity contribution is 0.0970. The predicted octanol–water partition coefficient (Wildman–Crippen LogP) is 1.49. The number of anilines is 1. The van der Waals surface area contributed by atoms with E-state index in [2.05, 4.69) is 11.8 Å². The zero-order valence-corrected chi connectivity index (χ0v) is 11.0. The normalized spacial score (nSPS) is 24.1. The minimum Gasteiger partial charge on any atom is -0.393 e. The first-order valence-corrected chi connectivity index (χ1v) is 6.37. The number of hydrogen-bond acceptors (Lipinski definition) is 3. The molecule has 1 aliphatic rings. The fourth-order valence-electron chi connectivity index (χ4n) is 2.63. The molecule has 18 heavy (non-hydrogen) atoms. The molecule has 1 aromatic carbocycles. The summed E-state index contributed by atoms with van der Waals surface area (Å²) in [6.07, 6.45) is 0.554. The van der Waals surface area contributed by atoms with Gasteiger partial charge in [0.05, 0.1) is 11.8 Å². The molecule has 4 N–H and O–H groups in total. The Balaban J connectivity index is 2.36. The molecule has 0 amide bonds. The molecule has 4 heteroatoms. The van der Waals surface area contributed by atoms with Gasteiger partial charge in [-0.25, -0.2) is 0 Å². The van der Waals surface area contributed by atoms with Crippen LogP contribution >= 0.6 is 0 Å². The number of nitrogens with two attached hydrogens (primary N) is 1. The first-order valence-electron chi connectivity index (χ1n) is 6.37. The summed E-state index contributed by atoms with van der Waals surface area (Å²) in [6, 6.07) is 5.86. The number of aliphatic hydroxyl groups is 1. The van der Waals surface area contributed by atoms with Crippen LogP contribution in [0.2, 0.25) is 0 Å². The van der Waals surface area contributed by atoms with Crippen LogP contribution in [0, 0.1) is 18.3 Å². The summed E-state index contributed by atoms with van der Waals surface area (Å²) in [5.41, 5.74) is 8.63.